The molecule has 1 rings (SSSR count). The summed E-state index contributed by atoms with van der Waals surface area (Å²) in [5.41, 5.74) is 1.40. The molecule has 0 amide bonds. The molecule has 2 nitrogen and oxygen atoms in total. The fourth-order valence-electron chi connectivity index (χ4n) is 2.83. The van der Waals surface area contributed by atoms with Gasteiger partial charge in [-0.15, -0.1) is 0 Å². The quantitative estimate of drug-likeness (QED) is 0.440. The van der Waals surface area contributed by atoms with Crippen LogP contribution in [0.15, 0.2) is 30.3 Å². The van der Waals surface area contributed by atoms with E-state index in [9.17, 15) is 4.79 Å². The van der Waals surface area contributed by atoms with Crippen LogP contribution in [0.5, 0.6) is 0 Å². The summed E-state index contributed by atoms with van der Waals surface area (Å²) in [7, 11) is 0. The molecular formula is C20H32O2. The highest BCUT2D eigenvalue weighted by molar-refractivity contribution is 5.72. The van der Waals surface area contributed by atoms with Crippen LogP contribution in [0.25, 0.3) is 0 Å². The van der Waals surface area contributed by atoms with Gasteiger partial charge in [0.15, 0.2) is 0 Å². The van der Waals surface area contributed by atoms with E-state index in [0.29, 0.717) is 12.5 Å². The number of hydrogen-bond donors (Lipinski definition) is 0. The maximum absolute atomic E-state index is 12.3. The first-order valence-corrected chi connectivity index (χ1v) is 8.64. The van der Waals surface area contributed by atoms with E-state index < -0.39 is 0 Å². The summed E-state index contributed by atoms with van der Waals surface area (Å²) in [5, 5.41) is 0. The van der Waals surface area contributed by atoms with Crippen LogP contribution in [0.2, 0.25) is 0 Å². The lowest BCUT2D eigenvalue weighted by molar-refractivity contribution is -0.150. The van der Waals surface area contributed by atoms with E-state index in [1.807, 2.05) is 6.07 Å². The lowest BCUT2D eigenvalue weighted by Crippen LogP contribution is -2.28. The average molecular weight is 304 g/mol. The van der Waals surface area contributed by atoms with Crippen molar-refractivity contribution in [2.75, 3.05) is 6.61 Å². The lowest BCUT2D eigenvalue weighted by Gasteiger charge is -2.34. The molecule has 0 spiro atoms. The average Bonchev–Trinajstić information content (AvgIpc) is 2.52. The molecular weight excluding hydrogens is 272 g/mol. The SMILES string of the molecule is CCCCOC(=O)C(CC)CC(C)(C)C(C)c1ccccc1. The largest absolute Gasteiger partial charge is 0.465 e. The van der Waals surface area contributed by atoms with Crippen LogP contribution in [0.1, 0.15) is 71.8 Å². The Balaban J connectivity index is 2.69. The maximum Gasteiger partial charge on any atom is 0.308 e. The van der Waals surface area contributed by atoms with Crippen LogP contribution in [0.4, 0.5) is 0 Å². The molecule has 2 heteroatoms. The van der Waals surface area contributed by atoms with Crippen LogP contribution in [0, 0.1) is 11.3 Å². The van der Waals surface area contributed by atoms with Gasteiger partial charge in [0.05, 0.1) is 12.5 Å². The van der Waals surface area contributed by atoms with Crippen LogP contribution in [-0.2, 0) is 9.53 Å². The number of carbonyl (C=O) groups is 1. The Labute approximate surface area is 136 Å². The van der Waals surface area contributed by atoms with Crippen molar-refractivity contribution in [3.63, 3.8) is 0 Å². The number of rotatable bonds is 9. The van der Waals surface area contributed by atoms with Crippen LogP contribution in [0.3, 0.4) is 0 Å². The highest BCUT2D eigenvalue weighted by atomic mass is 16.5. The second-order valence-corrected chi connectivity index (χ2v) is 6.95. The minimum absolute atomic E-state index is 0.00183. The van der Waals surface area contributed by atoms with Crippen molar-refractivity contribution in [3.8, 4) is 0 Å². The van der Waals surface area contributed by atoms with Gasteiger partial charge < -0.3 is 4.74 Å². The van der Waals surface area contributed by atoms with Crippen molar-refractivity contribution in [1.82, 2.24) is 0 Å². The van der Waals surface area contributed by atoms with Gasteiger partial charge in [-0.05, 0) is 36.2 Å². The fraction of sp³-hybridized carbons (Fsp3) is 0.650. The van der Waals surface area contributed by atoms with Crippen molar-refractivity contribution < 1.29 is 9.53 Å². The van der Waals surface area contributed by atoms with E-state index in [4.69, 9.17) is 4.74 Å². The molecule has 0 aromatic heterocycles. The highest BCUT2D eigenvalue weighted by Gasteiger charge is 2.32. The summed E-state index contributed by atoms with van der Waals surface area (Å²) in [4.78, 5) is 12.3. The summed E-state index contributed by atoms with van der Waals surface area (Å²) in [6, 6.07) is 10.6. The molecule has 0 bridgehead atoms. The third-order valence-electron chi connectivity index (χ3n) is 4.81. The second kappa shape index (κ2) is 8.97. The van der Waals surface area contributed by atoms with E-state index in [-0.39, 0.29) is 17.3 Å². The Kier molecular flexibility index (Phi) is 7.64. The van der Waals surface area contributed by atoms with Gasteiger partial charge >= 0.3 is 5.97 Å². The Bertz CT molecular complexity index is 436. The van der Waals surface area contributed by atoms with Crippen LogP contribution >= 0.6 is 0 Å². The third kappa shape index (κ3) is 5.47. The van der Waals surface area contributed by atoms with Crippen LogP contribution < -0.4 is 0 Å². The summed E-state index contributed by atoms with van der Waals surface area (Å²) >= 11 is 0. The zero-order chi connectivity index (χ0) is 16.6. The van der Waals surface area contributed by atoms with E-state index in [2.05, 4.69) is 58.9 Å². The number of esters is 1. The number of benzene rings is 1. The van der Waals surface area contributed by atoms with Gasteiger partial charge in [0, 0.05) is 0 Å². The summed E-state index contributed by atoms with van der Waals surface area (Å²) in [5.74, 6) is 0.383. The normalized spacial score (nSPS) is 14.4. The molecule has 0 aliphatic carbocycles. The molecule has 0 saturated heterocycles. The van der Waals surface area contributed by atoms with Gasteiger partial charge in [-0.3, -0.25) is 4.79 Å². The standard InChI is InChI=1S/C20H32O2/c1-6-8-14-22-19(21)17(7-2)15-20(4,5)16(3)18-12-10-9-11-13-18/h9-13,16-17H,6-8,14-15H2,1-5H3. The highest BCUT2D eigenvalue weighted by Crippen LogP contribution is 2.41. The minimum Gasteiger partial charge on any atom is -0.465 e. The maximum atomic E-state index is 12.3. The van der Waals surface area contributed by atoms with Crippen molar-refractivity contribution in [2.24, 2.45) is 11.3 Å². The third-order valence-corrected chi connectivity index (χ3v) is 4.81. The molecule has 1 aromatic carbocycles. The molecule has 0 N–H and O–H groups in total. The molecule has 22 heavy (non-hydrogen) atoms. The van der Waals surface area contributed by atoms with Gasteiger partial charge in [0.25, 0.3) is 0 Å². The summed E-state index contributed by atoms with van der Waals surface area (Å²) < 4.78 is 5.43. The molecule has 0 heterocycles. The van der Waals surface area contributed by atoms with E-state index in [1.54, 1.807) is 0 Å². The zero-order valence-electron chi connectivity index (χ0n) is 14.9. The van der Waals surface area contributed by atoms with Crippen molar-refractivity contribution >= 4 is 5.97 Å². The number of carbonyl (C=O) groups excluding carboxylic acids is 1. The molecule has 0 aliphatic rings. The van der Waals surface area contributed by atoms with Crippen molar-refractivity contribution in [2.45, 2.75) is 66.2 Å². The van der Waals surface area contributed by atoms with Gasteiger partial charge in [0.2, 0.25) is 0 Å². The van der Waals surface area contributed by atoms with Crippen LogP contribution in [-0.4, -0.2) is 12.6 Å². The first-order valence-electron chi connectivity index (χ1n) is 8.64. The summed E-state index contributed by atoms with van der Waals surface area (Å²) in [6.45, 7) is 11.5. The van der Waals surface area contributed by atoms with E-state index in [1.165, 1.54) is 5.56 Å². The number of ether oxygens (including phenoxy) is 1. The second-order valence-electron chi connectivity index (χ2n) is 6.95. The Morgan fingerprint density at radius 2 is 1.82 bits per heavy atom. The van der Waals surface area contributed by atoms with Crippen molar-refractivity contribution in [3.05, 3.63) is 35.9 Å². The lowest BCUT2D eigenvalue weighted by atomic mass is 9.70. The fourth-order valence-corrected chi connectivity index (χ4v) is 2.83. The van der Waals surface area contributed by atoms with Gasteiger partial charge in [-0.2, -0.15) is 0 Å². The molecule has 0 radical (unpaired) electrons. The van der Waals surface area contributed by atoms with Gasteiger partial charge in [-0.1, -0.05) is 71.4 Å². The topological polar surface area (TPSA) is 26.3 Å². The summed E-state index contributed by atoms with van der Waals surface area (Å²) in [6.07, 6.45) is 3.72. The predicted octanol–water partition coefficient (Wildman–Crippen LogP) is 5.58. The molecule has 0 saturated carbocycles. The first-order chi connectivity index (χ1) is 10.4. The minimum atomic E-state index is -0.0238. The molecule has 0 aliphatic heterocycles. The molecule has 1 aromatic rings. The monoisotopic (exact) mass is 304 g/mol. The van der Waals surface area contributed by atoms with Gasteiger partial charge in [0.1, 0.15) is 0 Å². The first kappa shape index (κ1) is 18.7. The Morgan fingerprint density at radius 1 is 1.18 bits per heavy atom. The van der Waals surface area contributed by atoms with Gasteiger partial charge in [-0.25, -0.2) is 0 Å². The van der Waals surface area contributed by atoms with Crippen molar-refractivity contribution in [1.29, 1.82) is 0 Å². The van der Waals surface area contributed by atoms with E-state index >= 15 is 0 Å². The number of unbranched alkanes of at least 4 members (excludes halogenated alkanes) is 1. The molecule has 0 fully saturated rings. The molecule has 124 valence electrons. The van der Waals surface area contributed by atoms with E-state index in [0.717, 1.165) is 25.7 Å². The number of hydrogen-bond acceptors (Lipinski definition) is 2. The predicted molar refractivity (Wildman–Crippen MR) is 92.9 cm³/mol. The zero-order valence-corrected chi connectivity index (χ0v) is 14.9. The molecule has 2 atom stereocenters. The molecule has 2 unspecified atom stereocenters. The Hall–Kier alpha value is -1.31. The smallest absolute Gasteiger partial charge is 0.308 e. The Morgan fingerprint density at radius 3 is 2.36 bits per heavy atom.